The van der Waals surface area contributed by atoms with Crippen LogP contribution in [-0.4, -0.2) is 17.3 Å². The number of rotatable bonds is 5. The maximum Gasteiger partial charge on any atom is 0.328 e. The SMILES string of the molecule is CSc1ccc(Oc2ccc(/C=C/C(=O)O)cc2Br)cc1. The fraction of sp³-hybridized carbons (Fsp3) is 0.0625. The molecule has 0 aliphatic carbocycles. The maximum absolute atomic E-state index is 10.5. The molecule has 0 heterocycles. The molecule has 1 N–H and O–H groups in total. The van der Waals surface area contributed by atoms with Crippen LogP contribution in [0.4, 0.5) is 0 Å². The van der Waals surface area contributed by atoms with Crippen molar-refractivity contribution in [1.29, 1.82) is 0 Å². The smallest absolute Gasteiger partial charge is 0.328 e. The fourth-order valence-corrected chi connectivity index (χ4v) is 2.53. The molecule has 0 unspecified atom stereocenters. The van der Waals surface area contributed by atoms with E-state index in [1.165, 1.54) is 11.0 Å². The molecule has 2 aromatic carbocycles. The first-order chi connectivity index (χ1) is 10.1. The molecule has 0 fully saturated rings. The highest BCUT2D eigenvalue weighted by Gasteiger charge is 2.04. The van der Waals surface area contributed by atoms with E-state index in [1.54, 1.807) is 23.9 Å². The first-order valence-corrected chi connectivity index (χ1v) is 8.13. The zero-order valence-corrected chi connectivity index (χ0v) is 13.6. The fourth-order valence-electron chi connectivity index (χ4n) is 1.64. The van der Waals surface area contributed by atoms with Gasteiger partial charge in [0.05, 0.1) is 4.47 Å². The molecule has 0 amide bonds. The van der Waals surface area contributed by atoms with Crippen LogP contribution in [0.3, 0.4) is 0 Å². The van der Waals surface area contributed by atoms with Crippen molar-refractivity contribution in [3.8, 4) is 11.5 Å². The van der Waals surface area contributed by atoms with E-state index in [-0.39, 0.29) is 0 Å². The number of benzene rings is 2. The largest absolute Gasteiger partial charge is 0.478 e. The van der Waals surface area contributed by atoms with Gasteiger partial charge in [0.1, 0.15) is 11.5 Å². The number of carboxylic acids is 1. The minimum Gasteiger partial charge on any atom is -0.478 e. The molecule has 0 radical (unpaired) electrons. The van der Waals surface area contributed by atoms with Gasteiger partial charge in [-0.2, -0.15) is 0 Å². The van der Waals surface area contributed by atoms with Crippen molar-refractivity contribution in [2.45, 2.75) is 4.90 Å². The molecule has 5 heteroatoms. The Labute approximate surface area is 135 Å². The summed E-state index contributed by atoms with van der Waals surface area (Å²) in [5, 5.41) is 8.61. The van der Waals surface area contributed by atoms with Gasteiger partial charge in [-0.15, -0.1) is 11.8 Å². The summed E-state index contributed by atoms with van der Waals surface area (Å²) < 4.78 is 6.56. The second-order valence-corrected chi connectivity index (χ2v) is 5.87. The third kappa shape index (κ3) is 4.65. The van der Waals surface area contributed by atoms with Crippen LogP contribution in [-0.2, 0) is 4.79 Å². The highest BCUT2D eigenvalue weighted by atomic mass is 79.9. The monoisotopic (exact) mass is 364 g/mol. The van der Waals surface area contributed by atoms with Crippen molar-refractivity contribution >= 4 is 39.7 Å². The predicted octanol–water partition coefficient (Wildman–Crippen LogP) is 5.06. The third-order valence-electron chi connectivity index (χ3n) is 2.66. The summed E-state index contributed by atoms with van der Waals surface area (Å²) in [5.74, 6) is 0.460. The number of hydrogen-bond donors (Lipinski definition) is 1. The molecule has 0 atom stereocenters. The number of carboxylic acid groups (broad SMARTS) is 1. The number of halogens is 1. The lowest BCUT2D eigenvalue weighted by Gasteiger charge is -2.09. The molecule has 108 valence electrons. The minimum absolute atomic E-state index is 0.680. The summed E-state index contributed by atoms with van der Waals surface area (Å²) in [6.07, 6.45) is 4.66. The van der Waals surface area contributed by atoms with Crippen LogP contribution < -0.4 is 4.74 Å². The van der Waals surface area contributed by atoms with Crippen LogP contribution in [0.5, 0.6) is 11.5 Å². The van der Waals surface area contributed by atoms with Crippen LogP contribution in [0.25, 0.3) is 6.08 Å². The van der Waals surface area contributed by atoms with Gasteiger partial charge in [-0.05, 0) is 70.2 Å². The molecular weight excluding hydrogens is 352 g/mol. The van der Waals surface area contributed by atoms with Crippen molar-refractivity contribution < 1.29 is 14.6 Å². The first-order valence-electron chi connectivity index (χ1n) is 6.11. The van der Waals surface area contributed by atoms with Crippen LogP contribution in [0.2, 0.25) is 0 Å². The molecule has 21 heavy (non-hydrogen) atoms. The quantitative estimate of drug-likeness (QED) is 0.594. The van der Waals surface area contributed by atoms with E-state index >= 15 is 0 Å². The van der Waals surface area contributed by atoms with Crippen LogP contribution in [0.15, 0.2) is 57.9 Å². The van der Waals surface area contributed by atoms with E-state index in [9.17, 15) is 4.79 Å². The molecule has 2 aromatic rings. The Morgan fingerprint density at radius 3 is 2.52 bits per heavy atom. The van der Waals surface area contributed by atoms with Crippen LogP contribution in [0.1, 0.15) is 5.56 Å². The van der Waals surface area contributed by atoms with Gasteiger partial charge in [0.25, 0.3) is 0 Å². The second-order valence-electron chi connectivity index (χ2n) is 4.14. The van der Waals surface area contributed by atoms with Gasteiger partial charge in [0.15, 0.2) is 0 Å². The van der Waals surface area contributed by atoms with E-state index in [0.29, 0.717) is 5.75 Å². The number of hydrogen-bond acceptors (Lipinski definition) is 3. The third-order valence-corrected chi connectivity index (χ3v) is 4.02. The topological polar surface area (TPSA) is 46.5 Å². The predicted molar refractivity (Wildman–Crippen MR) is 89.1 cm³/mol. The molecule has 0 aliphatic heterocycles. The molecule has 0 aromatic heterocycles. The number of ether oxygens (including phenoxy) is 1. The van der Waals surface area contributed by atoms with E-state index in [2.05, 4.69) is 15.9 Å². The summed E-state index contributed by atoms with van der Waals surface area (Å²) >= 11 is 5.11. The van der Waals surface area contributed by atoms with Crippen molar-refractivity contribution in [2.75, 3.05) is 6.26 Å². The van der Waals surface area contributed by atoms with Gasteiger partial charge in [-0.3, -0.25) is 0 Å². The summed E-state index contributed by atoms with van der Waals surface area (Å²) in [6, 6.07) is 13.2. The lowest BCUT2D eigenvalue weighted by molar-refractivity contribution is -0.131. The van der Waals surface area contributed by atoms with Gasteiger partial charge >= 0.3 is 5.97 Å². The standard InChI is InChI=1S/C16H13BrO3S/c1-21-13-6-4-12(5-7-13)20-15-8-2-11(10-14(15)17)3-9-16(18)19/h2-10H,1H3,(H,18,19)/b9-3+. The zero-order chi connectivity index (χ0) is 15.2. The van der Waals surface area contributed by atoms with Crippen molar-refractivity contribution in [1.82, 2.24) is 0 Å². The van der Waals surface area contributed by atoms with Crippen LogP contribution in [0, 0.1) is 0 Å². The molecule has 0 saturated heterocycles. The Hall–Kier alpha value is -1.72. The molecule has 2 rings (SSSR count). The number of aliphatic carboxylic acids is 1. The van der Waals surface area contributed by atoms with E-state index < -0.39 is 5.97 Å². The Bertz CT molecular complexity index is 666. The van der Waals surface area contributed by atoms with Gasteiger partial charge in [-0.25, -0.2) is 4.79 Å². The summed E-state index contributed by atoms with van der Waals surface area (Å²) in [7, 11) is 0. The normalized spacial score (nSPS) is 10.8. The average molecular weight is 365 g/mol. The highest BCUT2D eigenvalue weighted by molar-refractivity contribution is 9.10. The molecular formula is C16H13BrO3S. The van der Waals surface area contributed by atoms with E-state index in [4.69, 9.17) is 9.84 Å². The number of thioether (sulfide) groups is 1. The van der Waals surface area contributed by atoms with Crippen molar-refractivity contribution in [2.24, 2.45) is 0 Å². The van der Waals surface area contributed by atoms with E-state index in [0.717, 1.165) is 21.9 Å². The van der Waals surface area contributed by atoms with Crippen molar-refractivity contribution in [3.05, 3.63) is 58.6 Å². The Morgan fingerprint density at radius 1 is 1.24 bits per heavy atom. The molecule has 0 saturated carbocycles. The lowest BCUT2D eigenvalue weighted by Crippen LogP contribution is -1.88. The number of carbonyl (C=O) groups is 1. The Balaban J connectivity index is 2.14. The van der Waals surface area contributed by atoms with Crippen molar-refractivity contribution in [3.63, 3.8) is 0 Å². The van der Waals surface area contributed by atoms with Crippen LogP contribution >= 0.6 is 27.7 Å². The van der Waals surface area contributed by atoms with Gasteiger partial charge in [0, 0.05) is 11.0 Å². The summed E-state index contributed by atoms with van der Waals surface area (Å²) in [6.45, 7) is 0. The first kappa shape index (κ1) is 15.7. The Morgan fingerprint density at radius 2 is 1.95 bits per heavy atom. The maximum atomic E-state index is 10.5. The molecule has 0 spiro atoms. The summed E-state index contributed by atoms with van der Waals surface area (Å²) in [4.78, 5) is 11.7. The zero-order valence-electron chi connectivity index (χ0n) is 11.2. The highest BCUT2D eigenvalue weighted by Crippen LogP contribution is 2.31. The molecule has 0 bridgehead atoms. The lowest BCUT2D eigenvalue weighted by atomic mass is 10.2. The average Bonchev–Trinajstić information content (AvgIpc) is 2.48. The van der Waals surface area contributed by atoms with Gasteiger partial charge < -0.3 is 9.84 Å². The van der Waals surface area contributed by atoms with Gasteiger partial charge in [-0.1, -0.05) is 6.07 Å². The Kier molecular flexibility index (Phi) is 5.47. The van der Waals surface area contributed by atoms with Gasteiger partial charge in [0.2, 0.25) is 0 Å². The summed E-state index contributed by atoms with van der Waals surface area (Å²) in [5.41, 5.74) is 0.786. The molecule has 3 nitrogen and oxygen atoms in total. The second kappa shape index (κ2) is 7.33. The minimum atomic E-state index is -0.972. The molecule has 0 aliphatic rings. The van der Waals surface area contributed by atoms with E-state index in [1.807, 2.05) is 36.6 Å².